The molecule has 0 bridgehead atoms. The number of carbonyl (C=O) groups is 1. The Hall–Kier alpha value is -2.11. The van der Waals surface area contributed by atoms with Crippen LogP contribution in [0.25, 0.3) is 10.2 Å². The highest BCUT2D eigenvalue weighted by atomic mass is 32.2. The third-order valence-electron chi connectivity index (χ3n) is 3.55. The summed E-state index contributed by atoms with van der Waals surface area (Å²) in [5.41, 5.74) is 1.69. The number of aromatic nitrogens is 1. The van der Waals surface area contributed by atoms with Gasteiger partial charge in [-0.1, -0.05) is 49.5 Å². The molecule has 25 heavy (non-hydrogen) atoms. The molecule has 0 saturated heterocycles. The number of amides is 1. The number of rotatable bonds is 5. The van der Waals surface area contributed by atoms with Crippen molar-refractivity contribution in [3.05, 3.63) is 71.6 Å². The lowest BCUT2D eigenvalue weighted by atomic mass is 10.2. The third kappa shape index (κ3) is 4.11. The third-order valence-corrected chi connectivity index (χ3v) is 5.61. The molecule has 0 N–H and O–H groups in total. The lowest BCUT2D eigenvalue weighted by molar-refractivity contribution is 0.0997. The predicted molar refractivity (Wildman–Crippen MR) is 107 cm³/mol. The topological polar surface area (TPSA) is 34.4 Å². The summed E-state index contributed by atoms with van der Waals surface area (Å²) in [7, 11) is 0. The lowest BCUT2D eigenvalue weighted by Gasteiger charge is -2.05. The summed E-state index contributed by atoms with van der Waals surface area (Å²) in [6.45, 7) is 8.71. The first-order chi connectivity index (χ1) is 12.1. The number of hydrogen-bond acceptors (Lipinski definition) is 3. The maximum atomic E-state index is 12.7. The SMILES string of the molecule is C=CCn1c(=NC(=O)c2cccc(SC(C)C)c2)sc2ccccc21. The number of para-hydroxylation sites is 1. The fourth-order valence-electron chi connectivity index (χ4n) is 2.54. The number of benzene rings is 2. The molecule has 0 spiro atoms. The van der Waals surface area contributed by atoms with Gasteiger partial charge in [0.1, 0.15) is 0 Å². The van der Waals surface area contributed by atoms with Crippen molar-refractivity contribution >= 4 is 39.2 Å². The van der Waals surface area contributed by atoms with Crippen molar-refractivity contribution in [2.45, 2.75) is 30.5 Å². The second-order valence-corrected chi connectivity index (χ2v) is 8.52. The van der Waals surface area contributed by atoms with Gasteiger partial charge < -0.3 is 4.57 Å². The number of nitrogens with zero attached hydrogens (tertiary/aromatic N) is 2. The molecule has 0 aliphatic rings. The molecule has 1 heterocycles. The molecule has 0 fully saturated rings. The fraction of sp³-hybridized carbons (Fsp3) is 0.200. The first-order valence-electron chi connectivity index (χ1n) is 8.13. The highest BCUT2D eigenvalue weighted by molar-refractivity contribution is 7.99. The van der Waals surface area contributed by atoms with Crippen LogP contribution >= 0.6 is 23.1 Å². The van der Waals surface area contributed by atoms with E-state index in [0.717, 1.165) is 15.1 Å². The average Bonchev–Trinajstić information content (AvgIpc) is 2.92. The minimum absolute atomic E-state index is 0.212. The summed E-state index contributed by atoms with van der Waals surface area (Å²) in [5, 5.41) is 0.472. The maximum absolute atomic E-state index is 12.7. The average molecular weight is 369 g/mol. The number of allylic oxidation sites excluding steroid dienone is 1. The van der Waals surface area contributed by atoms with E-state index in [1.165, 1.54) is 11.3 Å². The molecular formula is C20H20N2OS2. The quantitative estimate of drug-likeness (QED) is 0.462. The van der Waals surface area contributed by atoms with Gasteiger partial charge in [0, 0.05) is 22.3 Å². The Morgan fingerprint density at radius 3 is 2.84 bits per heavy atom. The van der Waals surface area contributed by atoms with E-state index < -0.39 is 0 Å². The van der Waals surface area contributed by atoms with Gasteiger partial charge in [-0.3, -0.25) is 4.79 Å². The Bertz CT molecular complexity index is 983. The maximum Gasteiger partial charge on any atom is 0.279 e. The van der Waals surface area contributed by atoms with E-state index >= 15 is 0 Å². The van der Waals surface area contributed by atoms with Crippen LogP contribution in [0.5, 0.6) is 0 Å². The highest BCUT2D eigenvalue weighted by Gasteiger charge is 2.09. The number of thiazole rings is 1. The Labute approximate surface area is 155 Å². The molecule has 0 aliphatic carbocycles. The van der Waals surface area contributed by atoms with Gasteiger partial charge in [0.25, 0.3) is 5.91 Å². The summed E-state index contributed by atoms with van der Waals surface area (Å²) >= 11 is 3.27. The molecule has 3 nitrogen and oxygen atoms in total. The number of thioether (sulfide) groups is 1. The monoisotopic (exact) mass is 368 g/mol. The fourth-order valence-corrected chi connectivity index (χ4v) is 4.47. The molecule has 2 aromatic carbocycles. The van der Waals surface area contributed by atoms with E-state index in [2.05, 4.69) is 25.4 Å². The van der Waals surface area contributed by atoms with Gasteiger partial charge in [-0.15, -0.1) is 18.3 Å². The smallest absolute Gasteiger partial charge is 0.279 e. The predicted octanol–water partition coefficient (Wildman–Crippen LogP) is 5.13. The van der Waals surface area contributed by atoms with Crippen LogP contribution < -0.4 is 4.80 Å². The van der Waals surface area contributed by atoms with Gasteiger partial charge >= 0.3 is 0 Å². The zero-order chi connectivity index (χ0) is 17.8. The highest BCUT2D eigenvalue weighted by Crippen LogP contribution is 2.24. The standard InChI is InChI=1S/C20H20N2OS2/c1-4-12-22-17-10-5-6-11-18(17)25-20(22)21-19(23)15-8-7-9-16(13-15)24-14(2)3/h4-11,13-14H,1,12H2,2-3H3. The largest absolute Gasteiger partial charge is 0.312 e. The van der Waals surface area contributed by atoms with Crippen LogP contribution in [0.1, 0.15) is 24.2 Å². The molecule has 0 atom stereocenters. The summed E-state index contributed by atoms with van der Waals surface area (Å²) in [4.78, 5) is 18.9. The molecule has 3 aromatic rings. The van der Waals surface area contributed by atoms with Crippen LogP contribution in [-0.4, -0.2) is 15.7 Å². The van der Waals surface area contributed by atoms with Gasteiger partial charge in [-0.2, -0.15) is 4.99 Å². The van der Waals surface area contributed by atoms with Crippen molar-refractivity contribution in [1.29, 1.82) is 0 Å². The Kier molecular flexibility index (Phi) is 5.56. The zero-order valence-electron chi connectivity index (χ0n) is 14.3. The minimum Gasteiger partial charge on any atom is -0.312 e. The normalized spacial score (nSPS) is 12.0. The van der Waals surface area contributed by atoms with Gasteiger partial charge in [0.15, 0.2) is 4.80 Å². The Morgan fingerprint density at radius 2 is 2.08 bits per heavy atom. The minimum atomic E-state index is -0.212. The molecule has 0 saturated carbocycles. The van der Waals surface area contributed by atoms with Crippen LogP contribution in [0.2, 0.25) is 0 Å². The van der Waals surface area contributed by atoms with Crippen molar-refractivity contribution in [3.63, 3.8) is 0 Å². The first kappa shape index (κ1) is 17.7. The van der Waals surface area contributed by atoms with Crippen molar-refractivity contribution < 1.29 is 4.79 Å². The lowest BCUT2D eigenvalue weighted by Crippen LogP contribution is -2.16. The number of hydrogen-bond donors (Lipinski definition) is 0. The van der Waals surface area contributed by atoms with Gasteiger partial charge in [0.05, 0.1) is 10.2 Å². The second kappa shape index (κ2) is 7.85. The summed E-state index contributed by atoms with van der Waals surface area (Å²) in [5.74, 6) is -0.212. The second-order valence-electron chi connectivity index (χ2n) is 5.86. The molecular weight excluding hydrogens is 348 g/mol. The van der Waals surface area contributed by atoms with Crippen molar-refractivity contribution in [1.82, 2.24) is 4.57 Å². The van der Waals surface area contributed by atoms with Gasteiger partial charge in [-0.25, -0.2) is 0 Å². The van der Waals surface area contributed by atoms with Crippen LogP contribution in [0.15, 0.2) is 71.1 Å². The van der Waals surface area contributed by atoms with Crippen LogP contribution in [-0.2, 0) is 6.54 Å². The van der Waals surface area contributed by atoms with Crippen molar-refractivity contribution in [2.24, 2.45) is 4.99 Å². The molecule has 0 radical (unpaired) electrons. The molecule has 0 aliphatic heterocycles. The number of carbonyl (C=O) groups excluding carboxylic acids is 1. The van der Waals surface area contributed by atoms with E-state index in [0.29, 0.717) is 22.2 Å². The molecule has 1 aromatic heterocycles. The summed E-state index contributed by atoms with van der Waals surface area (Å²) in [6.07, 6.45) is 1.82. The molecule has 5 heteroatoms. The Morgan fingerprint density at radius 1 is 1.28 bits per heavy atom. The first-order valence-corrected chi connectivity index (χ1v) is 9.83. The summed E-state index contributed by atoms with van der Waals surface area (Å²) < 4.78 is 3.14. The molecule has 128 valence electrons. The number of fused-ring (bicyclic) bond motifs is 1. The molecule has 0 unspecified atom stereocenters. The van der Waals surface area contributed by atoms with Gasteiger partial charge in [-0.05, 0) is 30.3 Å². The van der Waals surface area contributed by atoms with Crippen molar-refractivity contribution in [3.8, 4) is 0 Å². The van der Waals surface area contributed by atoms with Crippen molar-refractivity contribution in [2.75, 3.05) is 0 Å². The summed E-state index contributed by atoms with van der Waals surface area (Å²) in [6, 6.07) is 15.8. The Balaban J connectivity index is 2.03. The van der Waals surface area contributed by atoms with Crippen LogP contribution in [0.4, 0.5) is 0 Å². The van der Waals surface area contributed by atoms with E-state index in [4.69, 9.17) is 0 Å². The van der Waals surface area contributed by atoms with Gasteiger partial charge in [0.2, 0.25) is 0 Å². The molecule has 1 amide bonds. The zero-order valence-corrected chi connectivity index (χ0v) is 15.9. The van der Waals surface area contributed by atoms with E-state index in [1.807, 2.05) is 59.2 Å². The van der Waals surface area contributed by atoms with E-state index in [-0.39, 0.29) is 5.91 Å². The van der Waals surface area contributed by atoms with E-state index in [9.17, 15) is 4.79 Å². The molecule has 3 rings (SSSR count). The van der Waals surface area contributed by atoms with E-state index in [1.54, 1.807) is 11.8 Å². The van der Waals surface area contributed by atoms with Crippen LogP contribution in [0.3, 0.4) is 0 Å². The van der Waals surface area contributed by atoms with Crippen LogP contribution in [0, 0.1) is 0 Å².